The smallest absolute Gasteiger partial charge is 0.231 e. The second-order valence-corrected chi connectivity index (χ2v) is 5.25. The lowest BCUT2D eigenvalue weighted by Crippen LogP contribution is -2.46. The Balaban J connectivity index is 2.37. The summed E-state index contributed by atoms with van der Waals surface area (Å²) < 4.78 is 0. The van der Waals surface area contributed by atoms with Crippen LogP contribution in [0.4, 0.5) is 0 Å². The summed E-state index contributed by atoms with van der Waals surface area (Å²) in [4.78, 5) is 13.3. The van der Waals surface area contributed by atoms with E-state index in [4.69, 9.17) is 5.73 Å². The van der Waals surface area contributed by atoms with Gasteiger partial charge in [-0.15, -0.1) is 0 Å². The Bertz CT molecular complexity index is 207. The largest absolute Gasteiger partial charge is 0.369 e. The molecule has 94 valence electrons. The van der Waals surface area contributed by atoms with Crippen LogP contribution in [-0.2, 0) is 4.79 Å². The summed E-state index contributed by atoms with van der Waals surface area (Å²) in [5.41, 5.74) is 5.30. The fraction of sp³-hybridized carbons (Fsp3) is 0.909. The van der Waals surface area contributed by atoms with Crippen molar-refractivity contribution in [2.45, 2.75) is 25.3 Å². The molecule has 1 heterocycles. The topological polar surface area (TPSA) is 58.4 Å². The van der Waals surface area contributed by atoms with Crippen molar-refractivity contribution in [2.24, 2.45) is 5.73 Å². The Morgan fingerprint density at radius 3 is 2.75 bits per heavy atom. The number of piperidine rings is 1. The minimum absolute atomic E-state index is 0.206. The second kappa shape index (κ2) is 7.92. The molecule has 16 heavy (non-hydrogen) atoms. The van der Waals surface area contributed by atoms with Crippen LogP contribution < -0.4 is 11.1 Å². The fourth-order valence-electron chi connectivity index (χ4n) is 2.17. The molecule has 0 aromatic carbocycles. The quantitative estimate of drug-likeness (QED) is 0.633. The molecule has 0 aromatic rings. The lowest BCUT2D eigenvalue weighted by molar-refractivity contribution is -0.119. The normalized spacial score (nSPS) is 17.9. The molecule has 1 saturated heterocycles. The monoisotopic (exact) mass is 245 g/mol. The van der Waals surface area contributed by atoms with E-state index < -0.39 is 0 Å². The van der Waals surface area contributed by atoms with Gasteiger partial charge in [-0.05, 0) is 50.9 Å². The van der Waals surface area contributed by atoms with Gasteiger partial charge in [0, 0.05) is 6.04 Å². The van der Waals surface area contributed by atoms with Crippen molar-refractivity contribution < 1.29 is 4.79 Å². The zero-order valence-corrected chi connectivity index (χ0v) is 10.9. The maximum absolute atomic E-state index is 11.0. The van der Waals surface area contributed by atoms with Gasteiger partial charge >= 0.3 is 0 Å². The molecule has 1 fully saturated rings. The fourth-order valence-corrected chi connectivity index (χ4v) is 2.59. The number of thioether (sulfide) groups is 1. The van der Waals surface area contributed by atoms with E-state index in [1.807, 2.05) is 11.8 Å². The van der Waals surface area contributed by atoms with Crippen molar-refractivity contribution >= 4 is 17.7 Å². The predicted octanol–water partition coefficient (Wildman–Crippen LogP) is 0.279. The average molecular weight is 245 g/mol. The zero-order chi connectivity index (χ0) is 11.8. The number of carbonyl (C=O) groups is 1. The molecule has 0 aromatic heterocycles. The van der Waals surface area contributed by atoms with Crippen LogP contribution >= 0.6 is 11.8 Å². The molecular formula is C11H23N3OS. The zero-order valence-electron chi connectivity index (χ0n) is 10.1. The van der Waals surface area contributed by atoms with Crippen molar-refractivity contribution in [3.63, 3.8) is 0 Å². The van der Waals surface area contributed by atoms with Crippen LogP contribution in [0.15, 0.2) is 0 Å². The van der Waals surface area contributed by atoms with Crippen LogP contribution in [0, 0.1) is 0 Å². The summed E-state index contributed by atoms with van der Waals surface area (Å²) in [6.45, 7) is 3.53. The first-order chi connectivity index (χ1) is 7.74. The van der Waals surface area contributed by atoms with Gasteiger partial charge in [-0.3, -0.25) is 9.69 Å². The van der Waals surface area contributed by atoms with Crippen LogP contribution in [0.25, 0.3) is 0 Å². The Labute approximate surface area is 102 Å². The molecule has 4 nitrogen and oxygen atoms in total. The molecule has 1 rings (SSSR count). The Kier molecular flexibility index (Phi) is 6.84. The summed E-state index contributed by atoms with van der Waals surface area (Å²) in [6.07, 6.45) is 5.51. The van der Waals surface area contributed by atoms with Crippen LogP contribution in [-0.4, -0.2) is 55.0 Å². The van der Waals surface area contributed by atoms with Crippen molar-refractivity contribution in [3.05, 3.63) is 0 Å². The maximum Gasteiger partial charge on any atom is 0.231 e. The van der Waals surface area contributed by atoms with Gasteiger partial charge in [0.05, 0.1) is 6.54 Å². The predicted molar refractivity (Wildman–Crippen MR) is 69.7 cm³/mol. The van der Waals surface area contributed by atoms with Crippen molar-refractivity contribution in [1.82, 2.24) is 10.2 Å². The van der Waals surface area contributed by atoms with Crippen LogP contribution in [0.3, 0.4) is 0 Å². The maximum atomic E-state index is 11.0. The first kappa shape index (κ1) is 13.8. The van der Waals surface area contributed by atoms with Crippen LogP contribution in [0.5, 0.6) is 0 Å². The molecule has 3 N–H and O–H groups in total. The molecule has 0 saturated carbocycles. The molecule has 0 radical (unpaired) electrons. The molecule has 0 aliphatic carbocycles. The van der Waals surface area contributed by atoms with Crippen molar-refractivity contribution in [1.29, 1.82) is 0 Å². The van der Waals surface area contributed by atoms with E-state index in [-0.39, 0.29) is 5.91 Å². The molecule has 1 aliphatic heterocycles. The minimum atomic E-state index is -0.206. The van der Waals surface area contributed by atoms with Gasteiger partial charge in [-0.25, -0.2) is 0 Å². The van der Waals surface area contributed by atoms with E-state index in [0.29, 0.717) is 12.6 Å². The molecular weight excluding hydrogens is 222 g/mol. The molecule has 0 unspecified atom stereocenters. The first-order valence-corrected chi connectivity index (χ1v) is 7.35. The molecule has 1 amide bonds. The standard InChI is InChI=1S/C11H23N3OS/c1-16-8-2-7-14(9-11(12)15)10-3-5-13-6-4-10/h10,13H,2-9H2,1H3,(H2,12,15). The summed E-state index contributed by atoms with van der Waals surface area (Å²) in [5, 5.41) is 3.34. The Hall–Kier alpha value is -0.260. The van der Waals surface area contributed by atoms with Crippen molar-refractivity contribution in [2.75, 3.05) is 38.2 Å². The van der Waals surface area contributed by atoms with E-state index >= 15 is 0 Å². The number of nitrogens with two attached hydrogens (primary N) is 1. The number of nitrogens with one attached hydrogen (secondary N) is 1. The highest BCUT2D eigenvalue weighted by molar-refractivity contribution is 7.98. The SMILES string of the molecule is CSCCCN(CC(N)=O)C1CCNCC1. The van der Waals surface area contributed by atoms with Gasteiger partial charge in [-0.1, -0.05) is 0 Å². The van der Waals surface area contributed by atoms with E-state index in [0.717, 1.165) is 44.6 Å². The van der Waals surface area contributed by atoms with E-state index in [2.05, 4.69) is 16.5 Å². The summed E-state index contributed by atoms with van der Waals surface area (Å²) in [5.74, 6) is 0.947. The lowest BCUT2D eigenvalue weighted by Gasteiger charge is -2.33. The Morgan fingerprint density at radius 1 is 1.50 bits per heavy atom. The van der Waals surface area contributed by atoms with E-state index in [1.54, 1.807) is 0 Å². The number of carbonyl (C=O) groups excluding carboxylic acids is 1. The van der Waals surface area contributed by atoms with Gasteiger partial charge in [-0.2, -0.15) is 11.8 Å². The number of amides is 1. The first-order valence-electron chi connectivity index (χ1n) is 5.96. The second-order valence-electron chi connectivity index (χ2n) is 4.26. The van der Waals surface area contributed by atoms with Gasteiger partial charge in [0.2, 0.25) is 5.91 Å². The average Bonchev–Trinajstić information content (AvgIpc) is 2.29. The van der Waals surface area contributed by atoms with Crippen LogP contribution in [0.1, 0.15) is 19.3 Å². The molecule has 0 bridgehead atoms. The molecule has 5 heteroatoms. The third-order valence-corrected chi connectivity index (χ3v) is 3.67. The van der Waals surface area contributed by atoms with E-state index in [9.17, 15) is 4.79 Å². The van der Waals surface area contributed by atoms with Gasteiger partial charge in [0.15, 0.2) is 0 Å². The highest BCUT2D eigenvalue weighted by atomic mass is 32.2. The molecule has 0 spiro atoms. The molecule has 1 aliphatic rings. The highest BCUT2D eigenvalue weighted by Crippen LogP contribution is 2.12. The van der Waals surface area contributed by atoms with Gasteiger partial charge < -0.3 is 11.1 Å². The summed E-state index contributed by atoms with van der Waals surface area (Å²) in [7, 11) is 0. The summed E-state index contributed by atoms with van der Waals surface area (Å²) >= 11 is 1.85. The number of hydrogen-bond acceptors (Lipinski definition) is 4. The molecule has 0 atom stereocenters. The minimum Gasteiger partial charge on any atom is -0.369 e. The van der Waals surface area contributed by atoms with E-state index in [1.165, 1.54) is 0 Å². The van der Waals surface area contributed by atoms with Crippen molar-refractivity contribution in [3.8, 4) is 0 Å². The third kappa shape index (κ3) is 5.18. The highest BCUT2D eigenvalue weighted by Gasteiger charge is 2.21. The number of hydrogen-bond donors (Lipinski definition) is 2. The number of primary amides is 1. The summed E-state index contributed by atoms with van der Waals surface area (Å²) in [6, 6.07) is 0.538. The van der Waals surface area contributed by atoms with Crippen LogP contribution in [0.2, 0.25) is 0 Å². The lowest BCUT2D eigenvalue weighted by atomic mass is 10.0. The van der Waals surface area contributed by atoms with Gasteiger partial charge in [0.25, 0.3) is 0 Å². The Morgan fingerprint density at radius 2 is 2.19 bits per heavy atom. The third-order valence-electron chi connectivity index (χ3n) is 2.98. The van der Waals surface area contributed by atoms with Gasteiger partial charge in [0.1, 0.15) is 0 Å². The number of rotatable bonds is 7. The number of nitrogens with zero attached hydrogens (tertiary/aromatic N) is 1.